The second-order valence-electron chi connectivity index (χ2n) is 7.10. The number of hydrogen-bond donors (Lipinski definition) is 2. The molecular weight excluding hydrogens is 737 g/mol. The van der Waals surface area contributed by atoms with Gasteiger partial charge in [-0.15, -0.1) is 22.7 Å². The van der Waals surface area contributed by atoms with Gasteiger partial charge in [0.1, 0.15) is 30.5 Å². The summed E-state index contributed by atoms with van der Waals surface area (Å²) in [6.45, 7) is 0. The molecule has 6 aromatic rings. The zero-order chi connectivity index (χ0) is 22.3. The average Bonchev–Trinajstić information content (AvgIpc) is 3.45. The van der Waals surface area contributed by atoms with Crippen molar-refractivity contribution in [2.24, 2.45) is 0 Å². The molecule has 0 aliphatic carbocycles. The Balaban J connectivity index is 1.54. The highest BCUT2D eigenvalue weighted by Crippen LogP contribution is 2.50. The van der Waals surface area contributed by atoms with Gasteiger partial charge in [0.2, 0.25) is 0 Å². The lowest BCUT2D eigenvalue weighted by Crippen LogP contribution is -2.01. The number of benzene rings is 2. The van der Waals surface area contributed by atoms with Crippen molar-refractivity contribution in [2.75, 3.05) is 0 Å². The predicted octanol–water partition coefficient (Wildman–Crippen LogP) is 7.97. The van der Waals surface area contributed by atoms with Crippen molar-refractivity contribution in [1.29, 1.82) is 0 Å². The number of thiophene rings is 2. The largest absolute Gasteiger partial charge is 0.508 e. The smallest absolute Gasteiger partial charge is 0.159 e. The molecule has 2 radical (unpaired) electrons. The molecule has 6 rings (SSSR count). The van der Waals surface area contributed by atoms with Gasteiger partial charge in [-0.3, -0.25) is 0 Å². The highest BCUT2D eigenvalue weighted by atomic mass is 127. The summed E-state index contributed by atoms with van der Waals surface area (Å²) in [5.41, 5.74) is 1.93. The Bertz CT molecular complexity index is 1590. The van der Waals surface area contributed by atoms with Gasteiger partial charge in [-0.05, 0) is 85.4 Å². The van der Waals surface area contributed by atoms with Gasteiger partial charge in [-0.1, -0.05) is 5.46 Å². The lowest BCUT2D eigenvalue weighted by molar-refractivity contribution is 0.474. The normalized spacial score (nSPS) is 12.0. The van der Waals surface area contributed by atoms with E-state index >= 15 is 0 Å². The van der Waals surface area contributed by atoms with Crippen molar-refractivity contribution in [3.8, 4) is 32.8 Å². The molecule has 10 heteroatoms. The molecule has 0 atom stereocenters. The Hall–Kier alpha value is -1.22. The summed E-state index contributed by atoms with van der Waals surface area (Å²) in [4.78, 5) is 1.82. The van der Waals surface area contributed by atoms with Crippen LogP contribution in [-0.4, -0.2) is 18.1 Å². The maximum absolute atomic E-state index is 9.79. The van der Waals surface area contributed by atoms with E-state index < -0.39 is 0 Å². The molecular formula is C22H8BBrI2O4S2. The SMILES string of the molecule is [B]c1c(-c2oc3cc(O)ccc3c2I)sc2c(Br)c(-c3oc4cc(O)ccc4c3I)sc12. The molecule has 0 saturated carbocycles. The second-order valence-corrected chi connectivity index (χ2v) is 12.1. The molecule has 0 saturated heterocycles. The molecule has 4 nitrogen and oxygen atoms in total. The minimum atomic E-state index is 0.162. The van der Waals surface area contributed by atoms with Crippen LogP contribution in [-0.2, 0) is 0 Å². The van der Waals surface area contributed by atoms with Crippen LogP contribution in [0.15, 0.2) is 49.7 Å². The number of hydrogen-bond acceptors (Lipinski definition) is 6. The first-order valence-corrected chi connectivity index (χ1v) is 13.7. The van der Waals surface area contributed by atoms with Gasteiger partial charge in [0.15, 0.2) is 11.5 Å². The monoisotopic (exact) mass is 744 g/mol. The maximum atomic E-state index is 9.79. The summed E-state index contributed by atoms with van der Waals surface area (Å²) >= 11 is 11.4. The van der Waals surface area contributed by atoms with E-state index in [4.69, 9.17) is 16.7 Å². The van der Waals surface area contributed by atoms with Crippen LogP contribution in [0.25, 0.3) is 52.6 Å². The molecule has 0 bridgehead atoms. The summed E-state index contributed by atoms with van der Waals surface area (Å²) in [5, 5.41) is 21.5. The topological polar surface area (TPSA) is 66.7 Å². The molecule has 2 N–H and O–H groups in total. The summed E-state index contributed by atoms with van der Waals surface area (Å²) < 4.78 is 17.0. The van der Waals surface area contributed by atoms with Crippen LogP contribution in [0, 0.1) is 7.14 Å². The van der Waals surface area contributed by atoms with Gasteiger partial charge in [-0.2, -0.15) is 0 Å². The van der Waals surface area contributed by atoms with Crippen molar-refractivity contribution in [3.63, 3.8) is 0 Å². The number of halogens is 3. The fraction of sp³-hybridized carbons (Fsp3) is 0. The molecule has 32 heavy (non-hydrogen) atoms. The van der Waals surface area contributed by atoms with E-state index in [0.717, 1.165) is 47.3 Å². The molecule has 0 fully saturated rings. The third-order valence-electron chi connectivity index (χ3n) is 5.14. The molecule has 4 aromatic heterocycles. The molecule has 0 unspecified atom stereocenters. The van der Waals surface area contributed by atoms with E-state index in [2.05, 4.69) is 61.1 Å². The van der Waals surface area contributed by atoms with Crippen LogP contribution in [0.4, 0.5) is 0 Å². The minimum absolute atomic E-state index is 0.162. The minimum Gasteiger partial charge on any atom is -0.508 e. The van der Waals surface area contributed by atoms with E-state index in [1.54, 1.807) is 46.9 Å². The maximum Gasteiger partial charge on any atom is 0.159 e. The van der Waals surface area contributed by atoms with Gasteiger partial charge >= 0.3 is 0 Å². The average molecular weight is 745 g/mol. The Morgan fingerprint density at radius 3 is 1.81 bits per heavy atom. The molecule has 0 aliphatic heterocycles. The third kappa shape index (κ3) is 3.09. The van der Waals surface area contributed by atoms with Crippen molar-refractivity contribution in [3.05, 3.63) is 48.0 Å². The molecule has 0 spiro atoms. The summed E-state index contributed by atoms with van der Waals surface area (Å²) in [7, 11) is 6.61. The molecule has 0 aliphatic rings. The predicted molar refractivity (Wildman–Crippen MR) is 152 cm³/mol. The number of phenols is 2. The van der Waals surface area contributed by atoms with Crippen LogP contribution in [0.3, 0.4) is 0 Å². The van der Waals surface area contributed by atoms with Gasteiger partial charge < -0.3 is 19.0 Å². The zero-order valence-electron chi connectivity index (χ0n) is 15.7. The second kappa shape index (κ2) is 7.65. The van der Waals surface area contributed by atoms with Crippen molar-refractivity contribution >= 4 is 128 Å². The fourth-order valence-electron chi connectivity index (χ4n) is 3.64. The first-order valence-electron chi connectivity index (χ1n) is 9.16. The Kier molecular flexibility index (Phi) is 5.10. The van der Waals surface area contributed by atoms with Gasteiger partial charge in [-0.25, -0.2) is 0 Å². The van der Waals surface area contributed by atoms with E-state index in [1.165, 1.54) is 0 Å². The Morgan fingerprint density at radius 2 is 1.28 bits per heavy atom. The number of fused-ring (bicyclic) bond motifs is 3. The van der Waals surface area contributed by atoms with Gasteiger partial charge in [0.25, 0.3) is 0 Å². The van der Waals surface area contributed by atoms with Crippen LogP contribution in [0.5, 0.6) is 11.5 Å². The summed E-state index contributed by atoms with van der Waals surface area (Å²) in [6.07, 6.45) is 0. The zero-order valence-corrected chi connectivity index (χ0v) is 23.2. The first kappa shape index (κ1) is 21.3. The summed E-state index contributed by atoms with van der Waals surface area (Å²) in [6, 6.07) is 10.3. The Morgan fingerprint density at radius 1 is 0.781 bits per heavy atom. The van der Waals surface area contributed by atoms with E-state index in [-0.39, 0.29) is 11.5 Å². The lowest BCUT2D eigenvalue weighted by Gasteiger charge is -1.98. The quantitative estimate of drug-likeness (QED) is 0.140. The van der Waals surface area contributed by atoms with Crippen LogP contribution >= 0.6 is 83.8 Å². The number of phenolic OH excluding ortho intramolecular Hbond substituents is 2. The first-order chi connectivity index (χ1) is 15.3. The van der Waals surface area contributed by atoms with Crippen LogP contribution in [0.1, 0.15) is 0 Å². The number of rotatable bonds is 2. The van der Waals surface area contributed by atoms with E-state index in [1.807, 2.05) is 12.1 Å². The van der Waals surface area contributed by atoms with E-state index in [9.17, 15) is 10.2 Å². The highest BCUT2D eigenvalue weighted by Gasteiger charge is 2.26. The number of aromatic hydroxyl groups is 2. The van der Waals surface area contributed by atoms with E-state index in [0.29, 0.717) is 22.4 Å². The Labute approximate surface area is 226 Å². The fourth-order valence-corrected chi connectivity index (χ4v) is 9.12. The van der Waals surface area contributed by atoms with Crippen LogP contribution in [0.2, 0.25) is 0 Å². The van der Waals surface area contributed by atoms with Gasteiger partial charge in [0.05, 0.1) is 26.1 Å². The lowest BCUT2D eigenvalue weighted by atomic mass is 9.96. The standard InChI is InChI=1S/C22H8BBrI2O4S2/c23-13-19(17-15(25)9-3-1-7(27)5-11(9)29-17)31-22-14(24)21(32-20(13)22)18-16(26)10-4-2-8(28)6-12(10)30-18/h1-6,27-28H. The molecule has 2 aromatic carbocycles. The van der Waals surface area contributed by atoms with Crippen molar-refractivity contribution < 1.29 is 19.0 Å². The highest BCUT2D eigenvalue weighted by molar-refractivity contribution is 14.1. The molecule has 156 valence electrons. The summed E-state index contributed by atoms with van der Waals surface area (Å²) in [5.74, 6) is 1.79. The third-order valence-corrected chi connectivity index (χ3v) is 11.2. The van der Waals surface area contributed by atoms with Crippen LogP contribution < -0.4 is 5.46 Å². The number of furan rings is 2. The van der Waals surface area contributed by atoms with Gasteiger partial charge in [0, 0.05) is 27.6 Å². The molecule has 0 amide bonds. The van der Waals surface area contributed by atoms with Crippen molar-refractivity contribution in [2.45, 2.75) is 0 Å². The molecule has 4 heterocycles. The van der Waals surface area contributed by atoms with Crippen molar-refractivity contribution in [1.82, 2.24) is 0 Å².